The van der Waals surface area contributed by atoms with Crippen molar-refractivity contribution in [1.29, 1.82) is 0 Å². The van der Waals surface area contributed by atoms with Gasteiger partial charge in [0.15, 0.2) is 0 Å². The van der Waals surface area contributed by atoms with Crippen LogP contribution in [0.2, 0.25) is 0 Å². The smallest absolute Gasteiger partial charge is 0.310 e. The van der Waals surface area contributed by atoms with Gasteiger partial charge in [0.25, 0.3) is 0 Å². The van der Waals surface area contributed by atoms with Crippen LogP contribution < -0.4 is 4.90 Å². The molecule has 0 radical (unpaired) electrons. The van der Waals surface area contributed by atoms with Gasteiger partial charge in [0.05, 0.1) is 13.0 Å². The molecule has 0 aliphatic carbocycles. The summed E-state index contributed by atoms with van der Waals surface area (Å²) >= 11 is 3.58. The first kappa shape index (κ1) is 14.3. The molecule has 1 aliphatic rings. The van der Waals surface area contributed by atoms with Crippen molar-refractivity contribution in [2.45, 2.75) is 6.92 Å². The minimum absolute atomic E-state index is 0.0841. The zero-order chi connectivity index (χ0) is 15.0. The summed E-state index contributed by atoms with van der Waals surface area (Å²) in [6, 6.07) is 8.10. The van der Waals surface area contributed by atoms with Crippen LogP contribution in [0.1, 0.15) is 6.92 Å². The summed E-state index contributed by atoms with van der Waals surface area (Å²) in [7, 11) is 1.45. The van der Waals surface area contributed by atoms with Gasteiger partial charge in [0, 0.05) is 34.5 Å². The Morgan fingerprint density at radius 1 is 1.33 bits per heavy atom. The average molecular weight is 349 g/mol. The van der Waals surface area contributed by atoms with E-state index in [0.717, 1.165) is 27.6 Å². The number of nitrogens with zero attached hydrogens (tertiary/aromatic N) is 2. The number of pyridine rings is 1. The maximum Gasteiger partial charge on any atom is 0.310 e. The molecule has 2 atom stereocenters. The summed E-state index contributed by atoms with van der Waals surface area (Å²) in [4.78, 5) is 18.6. The molecule has 0 saturated carbocycles. The molecule has 1 aromatic heterocycles. The Kier molecular flexibility index (Phi) is 3.85. The van der Waals surface area contributed by atoms with Gasteiger partial charge in [-0.1, -0.05) is 35.0 Å². The molecule has 0 bridgehead atoms. The highest BCUT2D eigenvalue weighted by atomic mass is 79.9. The molecule has 2 unspecified atom stereocenters. The summed E-state index contributed by atoms with van der Waals surface area (Å²) in [6.45, 7) is 3.56. The topological polar surface area (TPSA) is 42.4 Å². The lowest BCUT2D eigenvalue weighted by molar-refractivity contribution is -0.145. The van der Waals surface area contributed by atoms with E-state index < -0.39 is 0 Å². The van der Waals surface area contributed by atoms with Crippen LogP contribution in [0.4, 0.5) is 5.82 Å². The first-order chi connectivity index (χ1) is 10.1. The Morgan fingerprint density at radius 3 is 2.90 bits per heavy atom. The van der Waals surface area contributed by atoms with Crippen LogP contribution in [-0.4, -0.2) is 31.2 Å². The number of hydrogen-bond donors (Lipinski definition) is 0. The number of aromatic nitrogens is 1. The lowest BCUT2D eigenvalue weighted by atomic mass is 9.99. The van der Waals surface area contributed by atoms with E-state index in [1.165, 1.54) is 7.11 Å². The number of hydrogen-bond acceptors (Lipinski definition) is 4. The lowest BCUT2D eigenvalue weighted by Crippen LogP contribution is -2.24. The van der Waals surface area contributed by atoms with Crippen molar-refractivity contribution in [3.63, 3.8) is 0 Å². The van der Waals surface area contributed by atoms with Crippen LogP contribution in [0.5, 0.6) is 0 Å². The predicted molar refractivity (Wildman–Crippen MR) is 86.3 cm³/mol. The van der Waals surface area contributed by atoms with Crippen LogP contribution in [-0.2, 0) is 9.53 Å². The molecule has 110 valence electrons. The van der Waals surface area contributed by atoms with Gasteiger partial charge in [-0.2, -0.15) is 0 Å². The monoisotopic (exact) mass is 348 g/mol. The zero-order valence-corrected chi connectivity index (χ0v) is 13.6. The summed E-state index contributed by atoms with van der Waals surface area (Å²) in [5.41, 5.74) is 0. The molecule has 0 spiro atoms. The van der Waals surface area contributed by atoms with Crippen molar-refractivity contribution in [1.82, 2.24) is 4.98 Å². The van der Waals surface area contributed by atoms with Crippen LogP contribution in [0.3, 0.4) is 0 Å². The second-order valence-corrected chi connectivity index (χ2v) is 6.34. The van der Waals surface area contributed by atoms with Crippen LogP contribution >= 0.6 is 15.9 Å². The summed E-state index contributed by atoms with van der Waals surface area (Å²) in [5, 5.41) is 2.24. The molecule has 1 aliphatic heterocycles. The lowest BCUT2D eigenvalue weighted by Gasteiger charge is -2.19. The van der Waals surface area contributed by atoms with Crippen LogP contribution in [0.25, 0.3) is 10.8 Å². The quantitative estimate of drug-likeness (QED) is 0.781. The van der Waals surface area contributed by atoms with Crippen LogP contribution in [0, 0.1) is 11.8 Å². The number of benzene rings is 1. The Bertz CT molecular complexity index is 689. The van der Waals surface area contributed by atoms with Gasteiger partial charge in [-0.25, -0.2) is 4.98 Å². The largest absolute Gasteiger partial charge is 0.469 e. The first-order valence-electron chi connectivity index (χ1n) is 6.98. The van der Waals surface area contributed by atoms with Crippen molar-refractivity contribution in [2.75, 3.05) is 25.1 Å². The Balaban J connectivity index is 1.99. The first-order valence-corrected chi connectivity index (χ1v) is 7.77. The van der Waals surface area contributed by atoms with Crippen LogP contribution in [0.15, 0.2) is 34.9 Å². The molecule has 21 heavy (non-hydrogen) atoms. The SMILES string of the molecule is COC(=O)C1CN(c2nccc3c(Br)cccc23)CC1C. The van der Waals surface area contributed by atoms with Crippen molar-refractivity contribution in [2.24, 2.45) is 11.8 Å². The van der Waals surface area contributed by atoms with Crippen molar-refractivity contribution in [3.05, 3.63) is 34.9 Å². The third-order valence-electron chi connectivity index (χ3n) is 4.15. The zero-order valence-electron chi connectivity index (χ0n) is 12.0. The molecule has 1 saturated heterocycles. The Labute approximate surface area is 132 Å². The maximum absolute atomic E-state index is 11.8. The highest BCUT2D eigenvalue weighted by molar-refractivity contribution is 9.10. The second kappa shape index (κ2) is 5.64. The van der Waals surface area contributed by atoms with E-state index in [2.05, 4.69) is 38.8 Å². The number of anilines is 1. The van der Waals surface area contributed by atoms with E-state index in [0.29, 0.717) is 6.54 Å². The molecule has 2 heterocycles. The Hall–Kier alpha value is -1.62. The van der Waals surface area contributed by atoms with E-state index >= 15 is 0 Å². The normalized spacial score (nSPS) is 21.8. The molecule has 0 amide bonds. The number of esters is 1. The molecule has 5 heteroatoms. The van der Waals surface area contributed by atoms with Gasteiger partial charge in [-0.15, -0.1) is 0 Å². The van der Waals surface area contributed by atoms with Crippen molar-refractivity contribution < 1.29 is 9.53 Å². The van der Waals surface area contributed by atoms with Gasteiger partial charge in [-0.05, 0) is 18.1 Å². The summed E-state index contributed by atoms with van der Waals surface area (Å²) in [6.07, 6.45) is 1.82. The van der Waals surface area contributed by atoms with E-state index in [-0.39, 0.29) is 17.8 Å². The highest BCUT2D eigenvalue weighted by Gasteiger charge is 2.36. The van der Waals surface area contributed by atoms with Gasteiger partial charge >= 0.3 is 5.97 Å². The van der Waals surface area contributed by atoms with Gasteiger partial charge < -0.3 is 9.64 Å². The molecule has 3 rings (SSSR count). The van der Waals surface area contributed by atoms with Gasteiger partial charge in [0.2, 0.25) is 0 Å². The van der Waals surface area contributed by atoms with E-state index in [4.69, 9.17) is 4.74 Å². The summed E-state index contributed by atoms with van der Waals surface area (Å²) < 4.78 is 5.96. The van der Waals surface area contributed by atoms with E-state index in [1.54, 1.807) is 0 Å². The molecule has 2 aromatic rings. The molecule has 1 fully saturated rings. The number of carbonyl (C=O) groups is 1. The fraction of sp³-hybridized carbons (Fsp3) is 0.375. The van der Waals surface area contributed by atoms with Crippen molar-refractivity contribution in [3.8, 4) is 0 Å². The number of carbonyl (C=O) groups excluding carboxylic acids is 1. The molecular formula is C16H17BrN2O2. The molecule has 0 N–H and O–H groups in total. The number of methoxy groups -OCH3 is 1. The van der Waals surface area contributed by atoms with Gasteiger partial charge in [-0.3, -0.25) is 4.79 Å². The fourth-order valence-corrected chi connectivity index (χ4v) is 3.50. The fourth-order valence-electron chi connectivity index (χ4n) is 3.00. The van der Waals surface area contributed by atoms with Crippen molar-refractivity contribution >= 4 is 38.5 Å². The number of ether oxygens (including phenoxy) is 1. The molecule has 1 aromatic carbocycles. The molecular weight excluding hydrogens is 332 g/mol. The standard InChI is InChI=1S/C16H17BrN2O2/c1-10-8-19(9-13(10)16(20)21-2)15-12-4-3-5-14(17)11(12)6-7-18-15/h3-7,10,13H,8-9H2,1-2H3. The third kappa shape index (κ3) is 2.50. The maximum atomic E-state index is 11.8. The van der Waals surface area contributed by atoms with E-state index in [1.807, 2.05) is 24.4 Å². The van der Waals surface area contributed by atoms with Gasteiger partial charge in [0.1, 0.15) is 5.82 Å². The van der Waals surface area contributed by atoms with E-state index in [9.17, 15) is 4.79 Å². The minimum Gasteiger partial charge on any atom is -0.469 e. The average Bonchev–Trinajstić information content (AvgIpc) is 2.88. The second-order valence-electron chi connectivity index (χ2n) is 5.48. The minimum atomic E-state index is -0.133. The Morgan fingerprint density at radius 2 is 2.14 bits per heavy atom. The number of halogens is 1. The predicted octanol–water partition coefficient (Wildman–Crippen LogP) is 3.24. The molecule has 4 nitrogen and oxygen atoms in total. The summed E-state index contributed by atoms with van der Waals surface area (Å²) in [5.74, 6) is 0.985. The third-order valence-corrected chi connectivity index (χ3v) is 4.84. The number of rotatable bonds is 2. The number of fused-ring (bicyclic) bond motifs is 1. The highest BCUT2D eigenvalue weighted by Crippen LogP contribution is 2.34.